The van der Waals surface area contributed by atoms with E-state index in [2.05, 4.69) is 15.0 Å². The first-order valence-electron chi connectivity index (χ1n) is 7.66. The molecule has 2 aromatic rings. The fourth-order valence-corrected chi connectivity index (χ4v) is 2.94. The molecule has 8 heteroatoms. The lowest BCUT2D eigenvalue weighted by atomic mass is 10.1. The van der Waals surface area contributed by atoms with E-state index in [1.54, 1.807) is 11.2 Å². The van der Waals surface area contributed by atoms with Gasteiger partial charge in [-0.25, -0.2) is 19.7 Å². The summed E-state index contributed by atoms with van der Waals surface area (Å²) in [4.78, 5) is 26.5. The molecule has 3 rings (SSSR count). The minimum absolute atomic E-state index is 0.104. The zero-order valence-electron chi connectivity index (χ0n) is 13.5. The number of ether oxygens (including phenoxy) is 1. The van der Waals surface area contributed by atoms with E-state index in [0.717, 1.165) is 12.8 Å². The van der Waals surface area contributed by atoms with E-state index >= 15 is 0 Å². The summed E-state index contributed by atoms with van der Waals surface area (Å²) in [6.45, 7) is 6.88. The van der Waals surface area contributed by atoms with Crippen molar-refractivity contribution in [2.24, 2.45) is 0 Å². The summed E-state index contributed by atoms with van der Waals surface area (Å²) in [6, 6.07) is 0.104. The van der Waals surface area contributed by atoms with Crippen LogP contribution >= 0.6 is 11.6 Å². The van der Waals surface area contributed by atoms with Gasteiger partial charge in [0.25, 0.3) is 0 Å². The topological polar surface area (TPSA) is 73.1 Å². The highest BCUT2D eigenvalue weighted by molar-refractivity contribution is 6.33. The van der Waals surface area contributed by atoms with Crippen LogP contribution in [-0.4, -0.2) is 49.2 Å². The maximum Gasteiger partial charge on any atom is 0.410 e. The van der Waals surface area contributed by atoms with Gasteiger partial charge < -0.3 is 14.2 Å². The van der Waals surface area contributed by atoms with Crippen LogP contribution in [0.1, 0.15) is 39.7 Å². The van der Waals surface area contributed by atoms with Crippen LogP contribution in [0.15, 0.2) is 12.7 Å². The Morgan fingerprint density at radius 1 is 1.35 bits per heavy atom. The Bertz CT molecular complexity index is 724. The van der Waals surface area contributed by atoms with Crippen molar-refractivity contribution >= 4 is 28.9 Å². The first kappa shape index (κ1) is 16.0. The van der Waals surface area contributed by atoms with E-state index in [4.69, 9.17) is 16.3 Å². The van der Waals surface area contributed by atoms with E-state index in [9.17, 15) is 4.79 Å². The van der Waals surface area contributed by atoms with Crippen LogP contribution in [0.3, 0.4) is 0 Å². The summed E-state index contributed by atoms with van der Waals surface area (Å²) >= 11 is 6.05. The number of likely N-dealkylation sites (tertiary alicyclic amines) is 1. The van der Waals surface area contributed by atoms with Gasteiger partial charge in [-0.1, -0.05) is 11.6 Å². The molecule has 23 heavy (non-hydrogen) atoms. The molecule has 0 aliphatic carbocycles. The Labute approximate surface area is 139 Å². The van der Waals surface area contributed by atoms with Crippen molar-refractivity contribution in [3.05, 3.63) is 17.8 Å². The van der Waals surface area contributed by atoms with Gasteiger partial charge in [-0.3, -0.25) is 0 Å². The van der Waals surface area contributed by atoms with Crippen molar-refractivity contribution in [1.29, 1.82) is 0 Å². The first-order chi connectivity index (χ1) is 10.8. The molecule has 1 fully saturated rings. The number of rotatable bonds is 1. The van der Waals surface area contributed by atoms with Gasteiger partial charge in [-0.2, -0.15) is 0 Å². The van der Waals surface area contributed by atoms with E-state index in [1.165, 1.54) is 6.33 Å². The van der Waals surface area contributed by atoms with Crippen molar-refractivity contribution in [2.75, 3.05) is 13.1 Å². The molecular formula is C15H20ClN5O2. The maximum absolute atomic E-state index is 12.3. The summed E-state index contributed by atoms with van der Waals surface area (Å²) in [5.41, 5.74) is 0.788. The molecule has 2 aromatic heterocycles. The van der Waals surface area contributed by atoms with E-state index in [0.29, 0.717) is 29.4 Å². The monoisotopic (exact) mass is 337 g/mol. The smallest absolute Gasteiger partial charge is 0.410 e. The van der Waals surface area contributed by atoms with Crippen LogP contribution in [0.4, 0.5) is 4.79 Å². The molecule has 1 unspecified atom stereocenters. The lowest BCUT2D eigenvalue weighted by molar-refractivity contribution is 0.0174. The number of hydrogen-bond donors (Lipinski definition) is 0. The quantitative estimate of drug-likeness (QED) is 0.748. The van der Waals surface area contributed by atoms with Gasteiger partial charge in [0.15, 0.2) is 10.8 Å². The third-order valence-corrected chi connectivity index (χ3v) is 4.03. The third kappa shape index (κ3) is 3.39. The van der Waals surface area contributed by atoms with Gasteiger partial charge in [0.05, 0.1) is 12.4 Å². The Kier molecular flexibility index (Phi) is 4.14. The fourth-order valence-electron chi connectivity index (χ4n) is 2.76. The maximum atomic E-state index is 12.3. The van der Waals surface area contributed by atoms with Crippen LogP contribution < -0.4 is 0 Å². The van der Waals surface area contributed by atoms with Crippen LogP contribution in [-0.2, 0) is 4.74 Å². The second kappa shape index (κ2) is 5.96. The van der Waals surface area contributed by atoms with E-state index in [-0.39, 0.29) is 12.1 Å². The molecule has 0 saturated carbocycles. The van der Waals surface area contributed by atoms with Crippen LogP contribution in [0, 0.1) is 0 Å². The molecule has 1 amide bonds. The van der Waals surface area contributed by atoms with Gasteiger partial charge in [0.2, 0.25) is 0 Å². The summed E-state index contributed by atoms with van der Waals surface area (Å²) < 4.78 is 7.44. The Balaban J connectivity index is 1.80. The van der Waals surface area contributed by atoms with Gasteiger partial charge in [0.1, 0.15) is 17.4 Å². The lowest BCUT2D eigenvalue weighted by Crippen LogP contribution is -2.43. The highest BCUT2D eigenvalue weighted by Crippen LogP contribution is 2.27. The standard InChI is InChI=1S/C15H20ClN5O2/c1-15(2,3)23-14(22)20-6-4-5-10(7-20)21-9-19-11-12(16)17-8-18-13(11)21/h8-10H,4-7H2,1-3H3. The van der Waals surface area contributed by atoms with Gasteiger partial charge in [-0.15, -0.1) is 0 Å². The van der Waals surface area contributed by atoms with Crippen molar-refractivity contribution in [2.45, 2.75) is 45.3 Å². The number of fused-ring (bicyclic) bond motifs is 1. The zero-order chi connectivity index (χ0) is 16.6. The largest absolute Gasteiger partial charge is 0.444 e. The highest BCUT2D eigenvalue weighted by atomic mass is 35.5. The van der Waals surface area contributed by atoms with Crippen LogP contribution in [0.25, 0.3) is 11.2 Å². The lowest BCUT2D eigenvalue weighted by Gasteiger charge is -2.34. The normalized spacial score (nSPS) is 19.1. The summed E-state index contributed by atoms with van der Waals surface area (Å²) in [7, 11) is 0. The average Bonchev–Trinajstić information content (AvgIpc) is 2.91. The second-order valence-electron chi connectivity index (χ2n) is 6.71. The molecule has 1 aliphatic heterocycles. The molecular weight excluding hydrogens is 318 g/mol. The number of aromatic nitrogens is 4. The molecule has 1 atom stereocenters. The predicted octanol–water partition coefficient (Wildman–Crippen LogP) is 3.05. The molecule has 124 valence electrons. The van der Waals surface area contributed by atoms with Crippen LogP contribution in [0.5, 0.6) is 0 Å². The fraction of sp³-hybridized carbons (Fsp3) is 0.600. The number of piperidine rings is 1. The summed E-state index contributed by atoms with van der Waals surface area (Å²) in [5.74, 6) is 0. The van der Waals surface area contributed by atoms with Gasteiger partial charge in [-0.05, 0) is 33.6 Å². The number of imidazole rings is 1. The number of halogens is 1. The van der Waals surface area contributed by atoms with Crippen molar-refractivity contribution in [1.82, 2.24) is 24.4 Å². The molecule has 3 heterocycles. The summed E-state index contributed by atoms with van der Waals surface area (Å²) in [6.07, 6.45) is 4.72. The van der Waals surface area contributed by atoms with Crippen molar-refractivity contribution in [3.63, 3.8) is 0 Å². The molecule has 0 bridgehead atoms. The zero-order valence-corrected chi connectivity index (χ0v) is 14.2. The predicted molar refractivity (Wildman–Crippen MR) is 86.4 cm³/mol. The Hall–Kier alpha value is -1.89. The van der Waals surface area contributed by atoms with E-state index in [1.807, 2.05) is 25.3 Å². The van der Waals surface area contributed by atoms with Crippen molar-refractivity contribution in [3.8, 4) is 0 Å². The van der Waals surface area contributed by atoms with Gasteiger partial charge >= 0.3 is 6.09 Å². The highest BCUT2D eigenvalue weighted by Gasteiger charge is 2.29. The summed E-state index contributed by atoms with van der Waals surface area (Å²) in [5, 5.41) is 0.341. The minimum Gasteiger partial charge on any atom is -0.444 e. The Morgan fingerprint density at radius 2 is 2.13 bits per heavy atom. The van der Waals surface area contributed by atoms with Crippen LogP contribution in [0.2, 0.25) is 5.15 Å². The number of carbonyl (C=O) groups excluding carboxylic acids is 1. The first-order valence-corrected chi connectivity index (χ1v) is 8.04. The molecule has 0 N–H and O–H groups in total. The second-order valence-corrected chi connectivity index (χ2v) is 7.07. The number of amides is 1. The average molecular weight is 338 g/mol. The number of carbonyl (C=O) groups is 1. The molecule has 0 spiro atoms. The number of hydrogen-bond acceptors (Lipinski definition) is 5. The molecule has 0 radical (unpaired) electrons. The van der Waals surface area contributed by atoms with E-state index < -0.39 is 5.60 Å². The molecule has 1 saturated heterocycles. The van der Waals surface area contributed by atoms with Crippen molar-refractivity contribution < 1.29 is 9.53 Å². The Morgan fingerprint density at radius 3 is 2.87 bits per heavy atom. The SMILES string of the molecule is CC(C)(C)OC(=O)N1CCCC(n2cnc3c(Cl)ncnc32)C1. The third-order valence-electron chi connectivity index (χ3n) is 3.76. The molecule has 7 nitrogen and oxygen atoms in total. The molecule has 0 aromatic carbocycles. The van der Waals surface area contributed by atoms with Gasteiger partial charge in [0, 0.05) is 13.1 Å². The number of nitrogens with zero attached hydrogens (tertiary/aromatic N) is 5. The molecule has 1 aliphatic rings. The minimum atomic E-state index is -0.494.